The van der Waals surface area contributed by atoms with E-state index in [0.29, 0.717) is 0 Å². The standard InChI is InChI=1S/C30H28O2/c1-29(22-13-6-4-7-14-22)21-30(23-15-8-5-9-16-23,24-17-10-11-19-26(24)31-2)25-18-12-20-27(32-3)28(25)29/h4-20H,21H2,1-3H3/t29-,30+/m0/s1. The number of methoxy groups -OCH3 is 2. The van der Waals surface area contributed by atoms with Crippen molar-refractivity contribution >= 4 is 0 Å². The minimum absolute atomic E-state index is 0.236. The van der Waals surface area contributed by atoms with Gasteiger partial charge in [0, 0.05) is 16.5 Å². The lowest BCUT2D eigenvalue weighted by Gasteiger charge is -2.35. The monoisotopic (exact) mass is 420 g/mol. The van der Waals surface area contributed by atoms with Crippen molar-refractivity contribution in [2.45, 2.75) is 24.2 Å². The Kier molecular flexibility index (Phi) is 5.01. The normalized spacial score (nSPS) is 21.7. The van der Waals surface area contributed by atoms with Crippen LogP contribution in [0.5, 0.6) is 11.5 Å². The first kappa shape index (κ1) is 20.4. The largest absolute Gasteiger partial charge is 0.496 e. The molecule has 0 saturated carbocycles. The van der Waals surface area contributed by atoms with Crippen LogP contribution >= 0.6 is 0 Å². The second-order valence-electron chi connectivity index (χ2n) is 8.73. The van der Waals surface area contributed by atoms with Crippen LogP contribution in [0.25, 0.3) is 0 Å². The molecule has 0 N–H and O–H groups in total. The van der Waals surface area contributed by atoms with Crippen molar-refractivity contribution in [3.63, 3.8) is 0 Å². The van der Waals surface area contributed by atoms with E-state index >= 15 is 0 Å². The van der Waals surface area contributed by atoms with Crippen LogP contribution in [0, 0.1) is 0 Å². The maximum Gasteiger partial charge on any atom is 0.123 e. The van der Waals surface area contributed by atoms with Crippen molar-refractivity contribution in [2.24, 2.45) is 0 Å². The summed E-state index contributed by atoms with van der Waals surface area (Å²) in [5, 5.41) is 0. The molecule has 0 unspecified atom stereocenters. The van der Waals surface area contributed by atoms with Crippen LogP contribution in [0.1, 0.15) is 41.2 Å². The first-order valence-electron chi connectivity index (χ1n) is 11.1. The second kappa shape index (κ2) is 7.87. The van der Waals surface area contributed by atoms with E-state index in [0.717, 1.165) is 17.9 Å². The van der Waals surface area contributed by atoms with E-state index in [1.54, 1.807) is 14.2 Å². The fourth-order valence-electron chi connectivity index (χ4n) is 5.77. The molecular formula is C30H28O2. The second-order valence-corrected chi connectivity index (χ2v) is 8.73. The molecule has 160 valence electrons. The lowest BCUT2D eigenvalue weighted by molar-refractivity contribution is 0.386. The van der Waals surface area contributed by atoms with Gasteiger partial charge in [0.15, 0.2) is 0 Å². The Labute approximate surface area is 190 Å². The molecule has 0 heterocycles. The highest BCUT2D eigenvalue weighted by molar-refractivity contribution is 5.67. The Morgan fingerprint density at radius 1 is 0.562 bits per heavy atom. The Balaban J connectivity index is 1.92. The summed E-state index contributed by atoms with van der Waals surface area (Å²) in [6.45, 7) is 2.35. The number of benzene rings is 4. The molecule has 0 fully saturated rings. The molecule has 0 bridgehead atoms. The fraction of sp³-hybridized carbons (Fsp3) is 0.200. The van der Waals surface area contributed by atoms with Crippen LogP contribution < -0.4 is 9.47 Å². The highest BCUT2D eigenvalue weighted by Crippen LogP contribution is 2.61. The van der Waals surface area contributed by atoms with E-state index < -0.39 is 0 Å². The van der Waals surface area contributed by atoms with Gasteiger partial charge in [0.25, 0.3) is 0 Å². The van der Waals surface area contributed by atoms with Crippen LogP contribution in [-0.2, 0) is 10.8 Å². The van der Waals surface area contributed by atoms with Gasteiger partial charge in [-0.25, -0.2) is 0 Å². The Bertz CT molecular complexity index is 1230. The van der Waals surface area contributed by atoms with E-state index in [2.05, 4.69) is 104 Å². The van der Waals surface area contributed by atoms with Gasteiger partial charge in [-0.05, 0) is 35.2 Å². The van der Waals surface area contributed by atoms with Gasteiger partial charge in [-0.1, -0.05) is 97.9 Å². The van der Waals surface area contributed by atoms with Gasteiger partial charge in [0.2, 0.25) is 0 Å². The Morgan fingerprint density at radius 3 is 1.75 bits per heavy atom. The van der Waals surface area contributed by atoms with Crippen molar-refractivity contribution in [3.8, 4) is 11.5 Å². The molecule has 0 amide bonds. The first-order chi connectivity index (χ1) is 15.6. The average Bonchev–Trinajstić information content (AvgIpc) is 3.16. The summed E-state index contributed by atoms with van der Waals surface area (Å²) >= 11 is 0. The third kappa shape index (κ3) is 2.86. The minimum atomic E-state index is -0.373. The van der Waals surface area contributed by atoms with Crippen molar-refractivity contribution in [2.75, 3.05) is 14.2 Å². The molecule has 0 radical (unpaired) electrons. The molecule has 0 spiro atoms. The number of rotatable bonds is 5. The summed E-state index contributed by atoms with van der Waals surface area (Å²) in [4.78, 5) is 0. The van der Waals surface area contributed by atoms with Gasteiger partial charge in [-0.15, -0.1) is 0 Å². The summed E-state index contributed by atoms with van der Waals surface area (Å²) in [5.74, 6) is 1.84. The first-order valence-corrected chi connectivity index (χ1v) is 11.1. The zero-order valence-corrected chi connectivity index (χ0v) is 18.8. The van der Waals surface area contributed by atoms with Gasteiger partial charge in [0.05, 0.1) is 19.6 Å². The average molecular weight is 421 g/mol. The smallest absolute Gasteiger partial charge is 0.123 e. The molecule has 1 aliphatic carbocycles. The van der Waals surface area contributed by atoms with Crippen molar-refractivity contribution in [1.29, 1.82) is 0 Å². The van der Waals surface area contributed by atoms with E-state index in [9.17, 15) is 0 Å². The maximum atomic E-state index is 5.96. The van der Waals surface area contributed by atoms with Crippen LogP contribution in [-0.4, -0.2) is 14.2 Å². The number of hydrogen-bond acceptors (Lipinski definition) is 2. The summed E-state index contributed by atoms with van der Waals surface area (Å²) < 4.78 is 11.9. The molecule has 5 rings (SSSR count). The van der Waals surface area contributed by atoms with E-state index in [1.807, 2.05) is 6.07 Å². The molecule has 2 atom stereocenters. The molecule has 0 aliphatic heterocycles. The number of ether oxygens (including phenoxy) is 2. The molecule has 32 heavy (non-hydrogen) atoms. The number of hydrogen-bond donors (Lipinski definition) is 0. The van der Waals surface area contributed by atoms with Gasteiger partial charge >= 0.3 is 0 Å². The summed E-state index contributed by atoms with van der Waals surface area (Å²) in [5.41, 5.74) is 5.66. The lowest BCUT2D eigenvalue weighted by atomic mass is 9.67. The van der Waals surface area contributed by atoms with Crippen molar-refractivity contribution < 1.29 is 9.47 Å². The topological polar surface area (TPSA) is 18.5 Å². The van der Waals surface area contributed by atoms with Crippen molar-refractivity contribution in [1.82, 2.24) is 0 Å². The minimum Gasteiger partial charge on any atom is -0.496 e. The zero-order chi connectivity index (χ0) is 22.2. The number of para-hydroxylation sites is 1. The Morgan fingerprint density at radius 2 is 1.09 bits per heavy atom. The van der Waals surface area contributed by atoms with E-state index in [4.69, 9.17) is 9.47 Å². The number of fused-ring (bicyclic) bond motifs is 1. The molecule has 0 saturated heterocycles. The molecule has 1 aliphatic rings. The van der Waals surface area contributed by atoms with Crippen LogP contribution in [0.15, 0.2) is 103 Å². The van der Waals surface area contributed by atoms with Crippen LogP contribution in [0.3, 0.4) is 0 Å². The molecule has 0 aromatic heterocycles. The van der Waals surface area contributed by atoms with Gasteiger partial charge in [0.1, 0.15) is 11.5 Å². The quantitative estimate of drug-likeness (QED) is 0.356. The molecule has 4 aromatic rings. The zero-order valence-electron chi connectivity index (χ0n) is 18.8. The summed E-state index contributed by atoms with van der Waals surface area (Å²) in [6.07, 6.45) is 0.879. The molecule has 4 aromatic carbocycles. The van der Waals surface area contributed by atoms with Crippen LogP contribution in [0.2, 0.25) is 0 Å². The van der Waals surface area contributed by atoms with Crippen LogP contribution in [0.4, 0.5) is 0 Å². The lowest BCUT2D eigenvalue weighted by Crippen LogP contribution is -2.31. The predicted molar refractivity (Wildman–Crippen MR) is 130 cm³/mol. The van der Waals surface area contributed by atoms with E-state index in [1.165, 1.54) is 27.8 Å². The highest BCUT2D eigenvalue weighted by Gasteiger charge is 2.54. The molecular weight excluding hydrogens is 392 g/mol. The highest BCUT2D eigenvalue weighted by atomic mass is 16.5. The molecule has 2 nitrogen and oxygen atoms in total. The van der Waals surface area contributed by atoms with Gasteiger partial charge in [-0.3, -0.25) is 0 Å². The third-order valence-corrected chi connectivity index (χ3v) is 7.12. The van der Waals surface area contributed by atoms with Crippen molar-refractivity contribution in [3.05, 3.63) is 131 Å². The fourth-order valence-corrected chi connectivity index (χ4v) is 5.77. The predicted octanol–water partition coefficient (Wildman–Crippen LogP) is 6.75. The summed E-state index contributed by atoms with van der Waals surface area (Å²) in [7, 11) is 3.53. The van der Waals surface area contributed by atoms with Gasteiger partial charge in [-0.2, -0.15) is 0 Å². The van der Waals surface area contributed by atoms with Gasteiger partial charge < -0.3 is 9.47 Å². The molecule has 2 heteroatoms. The van der Waals surface area contributed by atoms with E-state index in [-0.39, 0.29) is 10.8 Å². The summed E-state index contributed by atoms with van der Waals surface area (Å²) in [6, 6.07) is 36.5. The maximum absolute atomic E-state index is 5.96. The Hall–Kier alpha value is -3.52. The third-order valence-electron chi connectivity index (χ3n) is 7.12. The SMILES string of the molecule is COc1ccccc1[C@]1(c2ccccc2)C[C@@](C)(c2ccccc2)c2c(OC)cccc21.